The lowest BCUT2D eigenvalue weighted by molar-refractivity contribution is -0.128. The number of amides is 2. The minimum atomic E-state index is -0.739. The largest absolute Gasteiger partial charge is 0.436 e. The van der Waals surface area contributed by atoms with Crippen molar-refractivity contribution in [1.29, 1.82) is 0 Å². The highest BCUT2D eigenvalue weighted by Gasteiger charge is 2.49. The van der Waals surface area contributed by atoms with E-state index in [2.05, 4.69) is 33.2 Å². The number of carbonyl (C=O) groups is 2. The maximum atomic E-state index is 13.0. The molecule has 0 radical (unpaired) electrons. The van der Waals surface area contributed by atoms with Gasteiger partial charge in [-0.05, 0) is 105 Å². The summed E-state index contributed by atoms with van der Waals surface area (Å²) >= 11 is 2.23. The molecule has 2 aliphatic carbocycles. The molecule has 1 atom stereocenters. The summed E-state index contributed by atoms with van der Waals surface area (Å²) in [5.74, 6) is 0.901. The second-order valence-corrected chi connectivity index (χ2v) is 9.69. The first kappa shape index (κ1) is 19.5. The zero-order valence-electron chi connectivity index (χ0n) is 15.5. The number of ether oxygens (including phenoxy) is 1. The van der Waals surface area contributed by atoms with E-state index in [0.717, 1.165) is 34.9 Å². The number of halogens is 1. The van der Waals surface area contributed by atoms with Gasteiger partial charge in [0.25, 0.3) is 5.91 Å². The van der Waals surface area contributed by atoms with E-state index in [-0.39, 0.29) is 11.8 Å². The molecule has 1 aromatic carbocycles. The van der Waals surface area contributed by atoms with E-state index in [4.69, 9.17) is 4.74 Å². The average Bonchev–Trinajstić information content (AvgIpc) is 3.41. The lowest BCUT2D eigenvalue weighted by Crippen LogP contribution is -2.47. The van der Waals surface area contributed by atoms with E-state index >= 15 is 0 Å². The molecule has 0 aliphatic heterocycles. The van der Waals surface area contributed by atoms with Crippen molar-refractivity contribution in [2.24, 2.45) is 17.8 Å². The lowest BCUT2D eigenvalue weighted by Gasteiger charge is -2.28. The van der Waals surface area contributed by atoms with Crippen molar-refractivity contribution < 1.29 is 14.3 Å². The average molecular weight is 470 g/mol. The number of alkyl carbamates (subject to hydrolysis) is 1. The minimum absolute atomic E-state index is 0.129. The highest BCUT2D eigenvalue weighted by molar-refractivity contribution is 14.1. The van der Waals surface area contributed by atoms with Gasteiger partial charge in [0.15, 0.2) is 6.10 Å². The van der Waals surface area contributed by atoms with Crippen molar-refractivity contribution in [2.45, 2.75) is 58.1 Å². The molecule has 0 bridgehead atoms. The number of hydrogen-bond donors (Lipinski definition) is 2. The molecule has 2 saturated carbocycles. The summed E-state index contributed by atoms with van der Waals surface area (Å²) in [6.07, 6.45) is 3.23. The summed E-state index contributed by atoms with van der Waals surface area (Å²) in [6, 6.07) is 7.62. The van der Waals surface area contributed by atoms with Crippen LogP contribution in [0.15, 0.2) is 24.3 Å². The maximum Gasteiger partial charge on any atom is 0.408 e. The third kappa shape index (κ3) is 5.59. The SMILES string of the molecule is CC(C)(C)NC(=O)O[C@H](C(=O)Nc1ccc(I)cc1)C(C1CC1)C1CC1. The molecule has 3 rings (SSSR count). The van der Waals surface area contributed by atoms with Crippen molar-refractivity contribution in [3.63, 3.8) is 0 Å². The van der Waals surface area contributed by atoms with Crippen molar-refractivity contribution in [2.75, 3.05) is 5.32 Å². The Kier molecular flexibility index (Phi) is 5.79. The minimum Gasteiger partial charge on any atom is -0.436 e. The first-order valence-electron chi connectivity index (χ1n) is 9.28. The van der Waals surface area contributed by atoms with Gasteiger partial charge in [-0.15, -0.1) is 0 Å². The van der Waals surface area contributed by atoms with Crippen molar-refractivity contribution in [3.05, 3.63) is 27.8 Å². The van der Waals surface area contributed by atoms with Gasteiger partial charge in [0, 0.05) is 20.7 Å². The van der Waals surface area contributed by atoms with Crippen LogP contribution in [0.25, 0.3) is 0 Å². The molecule has 26 heavy (non-hydrogen) atoms. The molecule has 5 nitrogen and oxygen atoms in total. The molecule has 0 heterocycles. The first-order chi connectivity index (χ1) is 12.2. The molecule has 6 heteroatoms. The predicted molar refractivity (Wildman–Crippen MR) is 110 cm³/mol. The van der Waals surface area contributed by atoms with Crippen LogP contribution in [-0.4, -0.2) is 23.6 Å². The van der Waals surface area contributed by atoms with Gasteiger partial charge in [-0.2, -0.15) is 0 Å². The van der Waals surface area contributed by atoms with Crippen molar-refractivity contribution in [1.82, 2.24) is 5.32 Å². The summed E-state index contributed by atoms with van der Waals surface area (Å²) in [4.78, 5) is 25.3. The quantitative estimate of drug-likeness (QED) is 0.600. The summed E-state index contributed by atoms with van der Waals surface area (Å²) < 4.78 is 6.79. The molecule has 0 spiro atoms. The topological polar surface area (TPSA) is 67.4 Å². The molecule has 0 saturated heterocycles. The van der Waals surface area contributed by atoms with E-state index in [0.29, 0.717) is 11.8 Å². The Morgan fingerprint density at radius 1 is 1.08 bits per heavy atom. The predicted octanol–water partition coefficient (Wildman–Crippen LogP) is 4.56. The summed E-state index contributed by atoms with van der Waals surface area (Å²) in [5.41, 5.74) is 0.327. The molecule has 2 N–H and O–H groups in total. The van der Waals surface area contributed by atoms with E-state index in [1.807, 2.05) is 45.0 Å². The zero-order chi connectivity index (χ0) is 18.9. The summed E-state index contributed by atoms with van der Waals surface area (Å²) in [7, 11) is 0. The second kappa shape index (κ2) is 7.74. The Hall–Kier alpha value is -1.31. The molecular formula is C20H27IN2O3. The molecule has 142 valence electrons. The van der Waals surface area contributed by atoms with Crippen molar-refractivity contribution >= 4 is 40.3 Å². The van der Waals surface area contributed by atoms with Crippen LogP contribution in [0.3, 0.4) is 0 Å². The van der Waals surface area contributed by atoms with E-state index in [1.165, 1.54) is 0 Å². The van der Waals surface area contributed by atoms with Crippen molar-refractivity contribution in [3.8, 4) is 0 Å². The van der Waals surface area contributed by atoms with Crippen LogP contribution in [0, 0.1) is 21.3 Å². The van der Waals surface area contributed by atoms with Crippen LogP contribution >= 0.6 is 22.6 Å². The molecule has 2 fully saturated rings. The smallest absolute Gasteiger partial charge is 0.408 e. The monoisotopic (exact) mass is 470 g/mol. The highest BCUT2D eigenvalue weighted by atomic mass is 127. The Morgan fingerprint density at radius 2 is 1.62 bits per heavy atom. The van der Waals surface area contributed by atoms with Gasteiger partial charge in [-0.1, -0.05) is 0 Å². The summed E-state index contributed by atoms with van der Waals surface area (Å²) in [6.45, 7) is 5.69. The van der Waals surface area contributed by atoms with Crippen LogP contribution < -0.4 is 10.6 Å². The van der Waals surface area contributed by atoms with Gasteiger partial charge >= 0.3 is 6.09 Å². The van der Waals surface area contributed by atoms with Gasteiger partial charge in [-0.3, -0.25) is 4.79 Å². The molecule has 0 aromatic heterocycles. The second-order valence-electron chi connectivity index (χ2n) is 8.45. The number of carbonyl (C=O) groups excluding carboxylic acids is 2. The highest BCUT2D eigenvalue weighted by Crippen LogP contribution is 2.51. The van der Waals surface area contributed by atoms with Crippen LogP contribution in [0.4, 0.5) is 10.5 Å². The zero-order valence-corrected chi connectivity index (χ0v) is 17.7. The van der Waals surface area contributed by atoms with Crippen LogP contribution in [-0.2, 0) is 9.53 Å². The Bertz CT molecular complexity index is 649. The van der Waals surface area contributed by atoms with Gasteiger partial charge in [0.1, 0.15) is 0 Å². The third-order valence-corrected chi connectivity index (χ3v) is 5.48. The van der Waals surface area contributed by atoms with Gasteiger partial charge in [0.2, 0.25) is 0 Å². The van der Waals surface area contributed by atoms with E-state index < -0.39 is 17.7 Å². The molecule has 0 unspecified atom stereocenters. The molecule has 2 amide bonds. The number of hydrogen-bond acceptors (Lipinski definition) is 3. The van der Waals surface area contributed by atoms with Gasteiger partial charge < -0.3 is 15.4 Å². The Labute approximate surface area is 168 Å². The molecular weight excluding hydrogens is 443 g/mol. The fourth-order valence-electron chi connectivity index (χ4n) is 3.35. The molecule has 1 aromatic rings. The standard InChI is InChI=1S/C20H27IN2O3/c1-20(2,3)23-19(25)26-17(16(12-4-5-12)13-6-7-13)18(24)22-15-10-8-14(21)9-11-15/h8-13,16-17H,4-7H2,1-3H3,(H,22,24)(H,23,25)/t17-/m0/s1. The van der Waals surface area contributed by atoms with Crippen LogP contribution in [0.1, 0.15) is 46.5 Å². The van der Waals surface area contributed by atoms with E-state index in [9.17, 15) is 9.59 Å². The fraction of sp³-hybridized carbons (Fsp3) is 0.600. The normalized spacial score (nSPS) is 18.3. The summed E-state index contributed by atoms with van der Waals surface area (Å²) in [5, 5.41) is 5.74. The number of rotatable bonds is 6. The Morgan fingerprint density at radius 3 is 2.08 bits per heavy atom. The molecule has 2 aliphatic rings. The lowest BCUT2D eigenvalue weighted by atomic mass is 9.90. The number of anilines is 1. The van der Waals surface area contributed by atoms with E-state index in [1.54, 1.807) is 0 Å². The number of benzene rings is 1. The number of nitrogens with one attached hydrogen (secondary N) is 2. The fourth-order valence-corrected chi connectivity index (χ4v) is 3.71. The van der Waals surface area contributed by atoms with Crippen LogP contribution in [0.2, 0.25) is 0 Å². The first-order valence-corrected chi connectivity index (χ1v) is 10.4. The maximum absolute atomic E-state index is 13.0. The van der Waals surface area contributed by atoms with Crippen LogP contribution in [0.5, 0.6) is 0 Å². The van der Waals surface area contributed by atoms with Gasteiger partial charge in [-0.25, -0.2) is 4.79 Å². The van der Waals surface area contributed by atoms with Gasteiger partial charge in [0.05, 0.1) is 0 Å². The Balaban J connectivity index is 1.74. The third-order valence-electron chi connectivity index (χ3n) is 4.76.